The SMILES string of the molecule is C=C1/C=C\C=C/C[C@@H](NC(=O)Nc2c(C)c(C)nn2-c2ccccc2)[C@H](O)CC1. The molecule has 1 aromatic heterocycles. The second kappa shape index (κ2) is 9.39. The zero-order valence-electron chi connectivity index (χ0n) is 16.9. The molecule has 0 saturated heterocycles. The topological polar surface area (TPSA) is 79.2 Å². The van der Waals surface area contributed by atoms with E-state index in [9.17, 15) is 9.90 Å². The fourth-order valence-corrected chi connectivity index (χ4v) is 3.25. The highest BCUT2D eigenvalue weighted by Crippen LogP contribution is 2.23. The number of hydrogen-bond donors (Lipinski definition) is 3. The maximum atomic E-state index is 12.8. The first-order valence-corrected chi connectivity index (χ1v) is 9.84. The number of carbonyl (C=O) groups excluding carboxylic acids is 1. The summed E-state index contributed by atoms with van der Waals surface area (Å²) in [7, 11) is 0. The number of anilines is 1. The maximum absolute atomic E-state index is 12.8. The van der Waals surface area contributed by atoms with Gasteiger partial charge >= 0.3 is 6.03 Å². The van der Waals surface area contributed by atoms with Gasteiger partial charge in [-0.05, 0) is 45.2 Å². The quantitative estimate of drug-likeness (QED) is 0.733. The van der Waals surface area contributed by atoms with Gasteiger partial charge in [-0.25, -0.2) is 9.48 Å². The highest BCUT2D eigenvalue weighted by Gasteiger charge is 2.22. The van der Waals surface area contributed by atoms with E-state index in [4.69, 9.17) is 0 Å². The van der Waals surface area contributed by atoms with Gasteiger partial charge in [0.1, 0.15) is 5.82 Å². The largest absolute Gasteiger partial charge is 0.391 e. The summed E-state index contributed by atoms with van der Waals surface area (Å²) < 4.78 is 1.72. The number of nitrogens with zero attached hydrogens (tertiary/aromatic N) is 2. The highest BCUT2D eigenvalue weighted by atomic mass is 16.3. The summed E-state index contributed by atoms with van der Waals surface area (Å²) in [6.45, 7) is 7.81. The Bertz CT molecular complexity index is 928. The van der Waals surface area contributed by atoms with Gasteiger partial charge in [-0.1, -0.05) is 54.7 Å². The molecule has 0 aliphatic heterocycles. The molecule has 6 heteroatoms. The van der Waals surface area contributed by atoms with Crippen LogP contribution in [0.3, 0.4) is 0 Å². The zero-order valence-corrected chi connectivity index (χ0v) is 16.9. The molecular weight excluding hydrogens is 364 g/mol. The van der Waals surface area contributed by atoms with Crippen LogP contribution in [-0.4, -0.2) is 33.1 Å². The molecule has 0 radical (unpaired) electrons. The van der Waals surface area contributed by atoms with Crippen LogP contribution < -0.4 is 10.6 Å². The van der Waals surface area contributed by atoms with Crippen molar-refractivity contribution in [2.45, 2.75) is 45.3 Å². The van der Waals surface area contributed by atoms with Gasteiger partial charge in [0.05, 0.1) is 23.5 Å². The van der Waals surface area contributed by atoms with E-state index in [0.717, 1.165) is 22.5 Å². The molecule has 0 unspecified atom stereocenters. The fourth-order valence-electron chi connectivity index (χ4n) is 3.25. The molecule has 0 fully saturated rings. The number of aryl methyl sites for hydroxylation is 1. The summed E-state index contributed by atoms with van der Waals surface area (Å²) >= 11 is 0. The average Bonchev–Trinajstić information content (AvgIpc) is 2.99. The number of rotatable bonds is 3. The molecule has 1 heterocycles. The van der Waals surface area contributed by atoms with E-state index in [-0.39, 0.29) is 12.1 Å². The third kappa shape index (κ3) is 5.23. The van der Waals surface area contributed by atoms with Crippen LogP contribution in [0.4, 0.5) is 10.6 Å². The number of benzene rings is 1. The summed E-state index contributed by atoms with van der Waals surface area (Å²) in [4.78, 5) is 12.8. The van der Waals surface area contributed by atoms with Crippen LogP contribution in [0.2, 0.25) is 0 Å². The standard InChI is InChI=1S/C23H28N4O2/c1-16-10-6-4-9-13-20(21(28)15-14-16)24-23(29)25-22-17(2)18(3)26-27(22)19-11-7-5-8-12-19/h4-12,20-21,28H,1,13-15H2,2-3H3,(H2,24,25,29)/b9-4-,10-6-/t20-,21-/m1/s1. The molecule has 3 rings (SSSR count). The van der Waals surface area contributed by atoms with Crippen molar-refractivity contribution in [3.05, 3.63) is 78.0 Å². The second-order valence-electron chi connectivity index (χ2n) is 7.30. The molecule has 29 heavy (non-hydrogen) atoms. The van der Waals surface area contributed by atoms with E-state index in [1.54, 1.807) is 4.68 Å². The van der Waals surface area contributed by atoms with E-state index in [0.29, 0.717) is 25.1 Å². The fraction of sp³-hybridized carbons (Fsp3) is 0.304. The number of carbonyl (C=O) groups is 1. The first kappa shape index (κ1) is 20.6. The Morgan fingerprint density at radius 3 is 2.76 bits per heavy atom. The summed E-state index contributed by atoms with van der Waals surface area (Å²) in [5.74, 6) is 0.618. The Morgan fingerprint density at radius 1 is 1.24 bits per heavy atom. The number of aromatic nitrogens is 2. The molecule has 3 N–H and O–H groups in total. The summed E-state index contributed by atoms with van der Waals surface area (Å²) in [6, 6.07) is 8.91. The van der Waals surface area contributed by atoms with Crippen LogP contribution in [0.5, 0.6) is 0 Å². The Balaban J connectivity index is 1.76. The number of para-hydroxylation sites is 1. The molecule has 2 aromatic rings. The van der Waals surface area contributed by atoms with Gasteiger partial charge in [-0.2, -0.15) is 5.10 Å². The van der Waals surface area contributed by atoms with Crippen molar-refractivity contribution >= 4 is 11.8 Å². The van der Waals surface area contributed by atoms with Crippen molar-refractivity contribution < 1.29 is 9.90 Å². The lowest BCUT2D eigenvalue weighted by molar-refractivity contribution is 0.123. The first-order valence-electron chi connectivity index (χ1n) is 9.84. The van der Waals surface area contributed by atoms with Gasteiger partial charge in [0.25, 0.3) is 0 Å². The molecule has 1 aromatic carbocycles. The van der Waals surface area contributed by atoms with Crippen molar-refractivity contribution in [3.8, 4) is 5.69 Å². The number of urea groups is 1. The molecule has 2 atom stereocenters. The monoisotopic (exact) mass is 392 g/mol. The number of amides is 2. The lowest BCUT2D eigenvalue weighted by atomic mass is 9.99. The van der Waals surface area contributed by atoms with Gasteiger partial charge in [0.2, 0.25) is 0 Å². The number of nitrogens with one attached hydrogen (secondary N) is 2. The van der Waals surface area contributed by atoms with Crippen LogP contribution >= 0.6 is 0 Å². The average molecular weight is 393 g/mol. The molecule has 1 aliphatic rings. The van der Waals surface area contributed by atoms with Crippen LogP contribution in [-0.2, 0) is 0 Å². The highest BCUT2D eigenvalue weighted by molar-refractivity contribution is 5.89. The van der Waals surface area contributed by atoms with Gasteiger partial charge in [0, 0.05) is 5.56 Å². The van der Waals surface area contributed by atoms with Gasteiger partial charge in [-0.3, -0.25) is 5.32 Å². The second-order valence-corrected chi connectivity index (χ2v) is 7.30. The lowest BCUT2D eigenvalue weighted by Gasteiger charge is -2.24. The predicted octanol–water partition coefficient (Wildman–Crippen LogP) is 4.19. The van der Waals surface area contributed by atoms with Crippen molar-refractivity contribution in [3.63, 3.8) is 0 Å². The number of aliphatic hydroxyl groups is 1. The van der Waals surface area contributed by atoms with Crippen molar-refractivity contribution in [1.82, 2.24) is 15.1 Å². The summed E-state index contributed by atoms with van der Waals surface area (Å²) in [5, 5.41) is 20.9. The molecule has 2 amide bonds. The summed E-state index contributed by atoms with van der Waals surface area (Å²) in [6.07, 6.45) is 8.84. The van der Waals surface area contributed by atoms with Crippen LogP contribution in [0, 0.1) is 13.8 Å². The molecule has 0 spiro atoms. The third-order valence-electron chi connectivity index (χ3n) is 5.10. The van der Waals surface area contributed by atoms with Gasteiger partial charge in [0.15, 0.2) is 0 Å². The summed E-state index contributed by atoms with van der Waals surface area (Å²) in [5.41, 5.74) is 3.57. The molecule has 0 bridgehead atoms. The lowest BCUT2D eigenvalue weighted by Crippen LogP contribution is -2.45. The van der Waals surface area contributed by atoms with E-state index in [1.807, 2.05) is 68.5 Å². The molecule has 152 valence electrons. The van der Waals surface area contributed by atoms with Crippen molar-refractivity contribution in [1.29, 1.82) is 0 Å². The molecule has 1 aliphatic carbocycles. The van der Waals surface area contributed by atoms with E-state index >= 15 is 0 Å². The predicted molar refractivity (Wildman–Crippen MR) is 116 cm³/mol. The van der Waals surface area contributed by atoms with Crippen molar-refractivity contribution in [2.24, 2.45) is 0 Å². The Morgan fingerprint density at radius 2 is 2.00 bits per heavy atom. The van der Waals surface area contributed by atoms with Crippen LogP contribution in [0.15, 0.2) is 66.8 Å². The molecule has 0 saturated carbocycles. The van der Waals surface area contributed by atoms with E-state index in [2.05, 4.69) is 22.3 Å². The molecular formula is C23H28N4O2. The smallest absolute Gasteiger partial charge is 0.320 e. The maximum Gasteiger partial charge on any atom is 0.320 e. The minimum absolute atomic E-state index is 0.367. The van der Waals surface area contributed by atoms with Crippen LogP contribution in [0.1, 0.15) is 30.5 Å². The van der Waals surface area contributed by atoms with Gasteiger partial charge < -0.3 is 10.4 Å². The minimum atomic E-state index is -0.657. The Hall–Kier alpha value is -3.12. The molecule has 6 nitrogen and oxygen atoms in total. The van der Waals surface area contributed by atoms with Crippen LogP contribution in [0.25, 0.3) is 5.69 Å². The minimum Gasteiger partial charge on any atom is -0.391 e. The van der Waals surface area contributed by atoms with Gasteiger partial charge in [-0.15, -0.1) is 0 Å². The number of hydrogen-bond acceptors (Lipinski definition) is 3. The zero-order chi connectivity index (χ0) is 20.8. The Kier molecular flexibility index (Phi) is 6.67. The number of allylic oxidation sites excluding steroid dienone is 4. The third-order valence-corrected chi connectivity index (χ3v) is 5.10. The number of aliphatic hydroxyl groups excluding tert-OH is 1. The first-order chi connectivity index (χ1) is 14.0. The van der Waals surface area contributed by atoms with E-state index < -0.39 is 6.10 Å². The van der Waals surface area contributed by atoms with Crippen molar-refractivity contribution in [2.75, 3.05) is 5.32 Å². The normalized spacial score (nSPS) is 22.0. The Labute approximate surface area is 171 Å². The van der Waals surface area contributed by atoms with E-state index in [1.165, 1.54) is 0 Å².